The lowest BCUT2D eigenvalue weighted by atomic mass is 9.85. The molecule has 0 aliphatic carbocycles. The fourth-order valence-corrected chi connectivity index (χ4v) is 8.80. The Bertz CT molecular complexity index is 3080. The molecule has 0 bridgehead atoms. The van der Waals surface area contributed by atoms with Crippen molar-refractivity contribution in [2.75, 3.05) is 0 Å². The fraction of sp³-hybridized carbons (Fsp3) is 0.309. The van der Waals surface area contributed by atoms with E-state index >= 15 is 13.2 Å². The van der Waals surface area contributed by atoms with E-state index in [0.29, 0.717) is 11.4 Å². The zero-order valence-corrected chi connectivity index (χ0v) is 37.7. The van der Waals surface area contributed by atoms with Crippen LogP contribution in [0, 0.1) is 13.1 Å². The lowest BCUT2D eigenvalue weighted by molar-refractivity contribution is -0.137. The molecule has 2 aromatic heterocycles. The van der Waals surface area contributed by atoms with Gasteiger partial charge in [-0.2, -0.15) is 13.2 Å². The quantitative estimate of drug-likeness (QED) is 0.158. The monoisotopic (exact) mass is 826 g/mol. The Kier molecular flexibility index (Phi) is 9.65. The van der Waals surface area contributed by atoms with Crippen LogP contribution in [0.2, 0.25) is 0 Å². The summed E-state index contributed by atoms with van der Waals surface area (Å²) in [6.45, 7) is 42.9. The van der Waals surface area contributed by atoms with Gasteiger partial charge in [-0.3, -0.25) is 0 Å². The van der Waals surface area contributed by atoms with Crippen LogP contribution in [0.3, 0.4) is 0 Å². The van der Waals surface area contributed by atoms with Crippen molar-refractivity contribution in [3.63, 3.8) is 0 Å². The van der Waals surface area contributed by atoms with Gasteiger partial charge in [-0.05, 0) is 116 Å². The van der Waals surface area contributed by atoms with Gasteiger partial charge in [0, 0.05) is 21.5 Å². The SMILES string of the molecule is [C-]#[N+]c1cc(-n2c3ccc(C(C)(C)C)cc3c3cc(C(C)(C)C)ccc32)c(-n2c3ccc(C(C)(C)C)cc3c3cc(C(C)(C)C)ccc32)cc1-c1c([N+]#[C-])cccc1C(F)(F)F. The first-order valence-electron chi connectivity index (χ1n) is 21.2. The average molecular weight is 827 g/mol. The van der Waals surface area contributed by atoms with Crippen LogP contribution in [0.25, 0.3) is 75.8 Å². The van der Waals surface area contributed by atoms with Gasteiger partial charge in [-0.25, -0.2) is 9.69 Å². The molecule has 0 fully saturated rings. The summed E-state index contributed by atoms with van der Waals surface area (Å²) >= 11 is 0. The van der Waals surface area contributed by atoms with Crippen molar-refractivity contribution in [2.45, 2.75) is 111 Å². The van der Waals surface area contributed by atoms with E-state index in [1.165, 1.54) is 23.3 Å². The summed E-state index contributed by atoms with van der Waals surface area (Å²) in [4.78, 5) is 7.55. The largest absolute Gasteiger partial charge is 0.415 e. The van der Waals surface area contributed by atoms with Gasteiger partial charge >= 0.3 is 6.18 Å². The number of alkyl halides is 3. The summed E-state index contributed by atoms with van der Waals surface area (Å²) in [7, 11) is 0. The smallest absolute Gasteiger partial charge is 0.308 e. The molecule has 0 saturated carbocycles. The van der Waals surface area contributed by atoms with Gasteiger partial charge in [0.1, 0.15) is 0 Å². The Morgan fingerprint density at radius 3 is 1.06 bits per heavy atom. The van der Waals surface area contributed by atoms with E-state index in [0.717, 1.165) is 60.8 Å². The number of aromatic nitrogens is 2. The minimum absolute atomic E-state index is 0.0174. The van der Waals surface area contributed by atoms with Crippen molar-refractivity contribution in [3.05, 3.63) is 154 Å². The number of hydrogen-bond acceptors (Lipinski definition) is 0. The summed E-state index contributed by atoms with van der Waals surface area (Å²) in [5.74, 6) is 0. The molecule has 0 amide bonds. The Morgan fingerprint density at radius 1 is 0.419 bits per heavy atom. The average Bonchev–Trinajstić information content (AvgIpc) is 3.69. The van der Waals surface area contributed by atoms with Gasteiger partial charge in [0.15, 0.2) is 11.4 Å². The van der Waals surface area contributed by atoms with Crippen LogP contribution in [0.15, 0.2) is 103 Å². The lowest BCUT2D eigenvalue weighted by Gasteiger charge is -2.23. The second kappa shape index (κ2) is 14.1. The third kappa shape index (κ3) is 7.02. The number of hydrogen-bond donors (Lipinski definition) is 0. The normalized spacial score (nSPS) is 13.0. The predicted molar refractivity (Wildman–Crippen MR) is 253 cm³/mol. The highest BCUT2D eigenvalue weighted by molar-refractivity contribution is 6.13. The van der Waals surface area contributed by atoms with Crippen molar-refractivity contribution in [1.29, 1.82) is 0 Å². The minimum atomic E-state index is -4.78. The van der Waals surface area contributed by atoms with Gasteiger partial charge in [0.2, 0.25) is 0 Å². The van der Waals surface area contributed by atoms with E-state index in [-0.39, 0.29) is 44.2 Å². The number of benzene rings is 6. The van der Waals surface area contributed by atoms with E-state index < -0.39 is 11.7 Å². The predicted octanol–water partition coefficient (Wildman–Crippen LogP) is 16.9. The molecule has 0 radical (unpaired) electrons. The van der Waals surface area contributed by atoms with Crippen molar-refractivity contribution in [1.82, 2.24) is 9.13 Å². The standard InChI is InChI=1S/C55H53F3N4/c1-51(2,3)32-18-22-44-36(26-32)37-27-33(52(4,5)6)19-23-45(37)61(44)48-30-40(50-41(55(56,57)58)16-15-17-42(50)59-13)43(60-14)31-49(48)62-46-24-20-34(53(7,8)9)28-38(46)39-29-35(54(10,11)12)21-25-47(39)62/h15-31H,1-12H3. The molecular formula is C55H53F3N4. The molecule has 0 unspecified atom stereocenters. The molecule has 0 spiro atoms. The lowest BCUT2D eigenvalue weighted by Crippen LogP contribution is -2.11. The number of nitrogens with zero attached hydrogens (tertiary/aromatic N) is 4. The minimum Gasteiger partial charge on any atom is -0.308 e. The zero-order valence-electron chi connectivity index (χ0n) is 37.7. The molecule has 8 rings (SSSR count). The molecular weight excluding hydrogens is 774 g/mol. The Morgan fingerprint density at radius 2 is 0.758 bits per heavy atom. The molecule has 0 saturated heterocycles. The Labute approximate surface area is 363 Å². The van der Waals surface area contributed by atoms with E-state index in [4.69, 9.17) is 13.1 Å². The van der Waals surface area contributed by atoms with Crippen molar-refractivity contribution in [3.8, 4) is 22.5 Å². The van der Waals surface area contributed by atoms with Crippen molar-refractivity contribution in [2.24, 2.45) is 0 Å². The van der Waals surface area contributed by atoms with Crippen LogP contribution in [0.5, 0.6) is 0 Å². The Hall–Kier alpha value is -6.31. The molecule has 2 heterocycles. The van der Waals surface area contributed by atoms with Crippen LogP contribution in [0.1, 0.15) is 111 Å². The third-order valence-electron chi connectivity index (χ3n) is 12.4. The first-order valence-corrected chi connectivity index (χ1v) is 21.2. The highest BCUT2D eigenvalue weighted by atomic mass is 19.4. The molecule has 314 valence electrons. The maximum Gasteiger partial charge on any atom is 0.415 e. The van der Waals surface area contributed by atoms with E-state index in [1.807, 2.05) is 0 Å². The topological polar surface area (TPSA) is 18.6 Å². The van der Waals surface area contributed by atoms with Crippen LogP contribution in [0.4, 0.5) is 24.5 Å². The molecule has 4 nitrogen and oxygen atoms in total. The van der Waals surface area contributed by atoms with Crippen LogP contribution < -0.4 is 0 Å². The van der Waals surface area contributed by atoms with Gasteiger partial charge in [-0.15, -0.1) is 0 Å². The Balaban J connectivity index is 1.62. The maximum absolute atomic E-state index is 15.0. The summed E-state index contributed by atoms with van der Waals surface area (Å²) in [6, 6.07) is 33.2. The van der Waals surface area contributed by atoms with Crippen molar-refractivity contribution >= 4 is 55.0 Å². The highest BCUT2D eigenvalue weighted by Crippen LogP contribution is 2.50. The van der Waals surface area contributed by atoms with Crippen LogP contribution in [-0.2, 0) is 27.8 Å². The van der Waals surface area contributed by atoms with E-state index in [9.17, 15) is 0 Å². The van der Waals surface area contributed by atoms with Crippen LogP contribution >= 0.6 is 0 Å². The maximum atomic E-state index is 15.0. The van der Waals surface area contributed by atoms with Crippen molar-refractivity contribution < 1.29 is 13.2 Å². The molecule has 0 aliphatic rings. The van der Waals surface area contributed by atoms with E-state index in [2.05, 4.69) is 175 Å². The first kappa shape index (κ1) is 42.4. The zero-order chi connectivity index (χ0) is 45.1. The van der Waals surface area contributed by atoms with Gasteiger partial charge < -0.3 is 9.13 Å². The second-order valence-electron chi connectivity index (χ2n) is 20.9. The summed E-state index contributed by atoms with van der Waals surface area (Å²) in [6.07, 6.45) is -4.78. The summed E-state index contributed by atoms with van der Waals surface area (Å²) in [5.41, 5.74) is 7.51. The van der Waals surface area contributed by atoms with Gasteiger partial charge in [-0.1, -0.05) is 126 Å². The number of fused-ring (bicyclic) bond motifs is 6. The molecule has 62 heavy (non-hydrogen) atoms. The van der Waals surface area contributed by atoms with Crippen LogP contribution in [-0.4, -0.2) is 9.13 Å². The van der Waals surface area contributed by atoms with Gasteiger partial charge in [0.25, 0.3) is 0 Å². The third-order valence-corrected chi connectivity index (χ3v) is 12.4. The fourth-order valence-electron chi connectivity index (χ4n) is 8.80. The first-order chi connectivity index (χ1) is 28.8. The molecule has 0 atom stereocenters. The number of halogens is 3. The second-order valence-corrected chi connectivity index (χ2v) is 20.9. The molecule has 6 aromatic carbocycles. The van der Waals surface area contributed by atoms with Gasteiger partial charge in [0.05, 0.1) is 52.1 Å². The summed E-state index contributed by atoms with van der Waals surface area (Å²) < 4.78 is 49.4. The number of rotatable bonds is 3. The molecule has 0 N–H and O–H groups in total. The molecule has 0 aliphatic heterocycles. The highest BCUT2D eigenvalue weighted by Gasteiger charge is 2.36. The molecule has 7 heteroatoms. The molecule has 8 aromatic rings. The summed E-state index contributed by atoms with van der Waals surface area (Å²) in [5, 5.41) is 4.12. The van der Waals surface area contributed by atoms with E-state index in [1.54, 1.807) is 12.1 Å².